The highest BCUT2D eigenvalue weighted by molar-refractivity contribution is 6.07. The van der Waals surface area contributed by atoms with Crippen LogP contribution in [0.15, 0.2) is 42.7 Å². The number of carbonyl (C=O) groups excluding carboxylic acids is 3. The lowest BCUT2D eigenvalue weighted by molar-refractivity contribution is -0.116. The predicted molar refractivity (Wildman–Crippen MR) is 143 cm³/mol. The van der Waals surface area contributed by atoms with Crippen molar-refractivity contribution in [3.8, 4) is 0 Å². The fraction of sp³-hybridized carbons (Fsp3) is 0.308. The van der Waals surface area contributed by atoms with E-state index in [9.17, 15) is 14.4 Å². The van der Waals surface area contributed by atoms with Crippen LogP contribution >= 0.6 is 0 Å². The number of carbonyl (C=O) groups is 3. The Bertz CT molecular complexity index is 1390. The van der Waals surface area contributed by atoms with Crippen LogP contribution in [0.3, 0.4) is 0 Å². The molecule has 4 rings (SSSR count). The van der Waals surface area contributed by atoms with E-state index in [0.717, 1.165) is 16.8 Å². The standard InChI is InChI=1S/C26H30N8O3/c1-15-7-8-17(11-20(15)31-25(37)33(6)24-29-14-28-23(27-5)32-24)22(36)30-18-9-10-21-19(12-18)26(3,4)13-34(21)16(2)35/h7-12,14H,13H2,1-6H3,(H,30,36)(H,31,37)(H,27,28,29,32). The van der Waals surface area contributed by atoms with Crippen LogP contribution in [0, 0.1) is 6.92 Å². The van der Waals surface area contributed by atoms with Crippen LogP contribution in [0.2, 0.25) is 0 Å². The molecule has 2 aromatic carbocycles. The molecule has 2 heterocycles. The lowest BCUT2D eigenvalue weighted by Crippen LogP contribution is -2.33. The summed E-state index contributed by atoms with van der Waals surface area (Å²) >= 11 is 0. The topological polar surface area (TPSA) is 132 Å². The van der Waals surface area contributed by atoms with Gasteiger partial charge in [0.2, 0.25) is 17.8 Å². The first kappa shape index (κ1) is 25.5. The largest absolute Gasteiger partial charge is 0.357 e. The smallest absolute Gasteiger partial charge is 0.328 e. The molecule has 11 nitrogen and oxygen atoms in total. The second kappa shape index (κ2) is 9.84. The number of rotatable bonds is 5. The third kappa shape index (κ3) is 5.20. The van der Waals surface area contributed by atoms with Gasteiger partial charge in [0.05, 0.1) is 0 Å². The fourth-order valence-corrected chi connectivity index (χ4v) is 4.20. The Morgan fingerprint density at radius 1 is 1.05 bits per heavy atom. The van der Waals surface area contributed by atoms with E-state index in [1.165, 1.54) is 11.2 Å². The maximum atomic E-state index is 13.1. The molecule has 0 bridgehead atoms. The lowest BCUT2D eigenvalue weighted by Gasteiger charge is -2.19. The molecule has 4 amide bonds. The minimum Gasteiger partial charge on any atom is -0.357 e. The molecular formula is C26H30N8O3. The maximum Gasteiger partial charge on any atom is 0.328 e. The number of hydrogen-bond donors (Lipinski definition) is 3. The Morgan fingerprint density at radius 2 is 1.81 bits per heavy atom. The number of benzene rings is 2. The summed E-state index contributed by atoms with van der Waals surface area (Å²) in [7, 11) is 3.21. The number of nitrogens with zero attached hydrogens (tertiary/aromatic N) is 5. The number of aromatic nitrogens is 3. The van der Waals surface area contributed by atoms with Crippen molar-refractivity contribution in [3.05, 3.63) is 59.4 Å². The first-order valence-electron chi connectivity index (χ1n) is 11.8. The highest BCUT2D eigenvalue weighted by Gasteiger charge is 2.37. The zero-order valence-electron chi connectivity index (χ0n) is 21.7. The predicted octanol–water partition coefficient (Wildman–Crippen LogP) is 3.79. The highest BCUT2D eigenvalue weighted by atomic mass is 16.2. The minimum absolute atomic E-state index is 0.0125. The van der Waals surface area contributed by atoms with E-state index in [0.29, 0.717) is 29.4 Å². The molecule has 37 heavy (non-hydrogen) atoms. The molecule has 1 aliphatic heterocycles. The van der Waals surface area contributed by atoms with Crippen molar-refractivity contribution in [3.63, 3.8) is 0 Å². The molecular weight excluding hydrogens is 472 g/mol. The average molecular weight is 503 g/mol. The summed E-state index contributed by atoms with van der Waals surface area (Å²) in [5.74, 6) is 0.176. The maximum absolute atomic E-state index is 13.1. The van der Waals surface area contributed by atoms with E-state index in [2.05, 4.69) is 44.7 Å². The Morgan fingerprint density at radius 3 is 2.51 bits per heavy atom. The van der Waals surface area contributed by atoms with Crippen molar-refractivity contribution >= 4 is 46.8 Å². The van der Waals surface area contributed by atoms with Gasteiger partial charge in [-0.1, -0.05) is 19.9 Å². The van der Waals surface area contributed by atoms with Crippen molar-refractivity contribution in [1.82, 2.24) is 15.0 Å². The molecule has 0 radical (unpaired) electrons. The Hall–Kier alpha value is -4.54. The van der Waals surface area contributed by atoms with Gasteiger partial charge in [-0.25, -0.2) is 14.8 Å². The van der Waals surface area contributed by atoms with E-state index in [1.807, 2.05) is 19.1 Å². The van der Waals surface area contributed by atoms with Gasteiger partial charge in [-0.05, 0) is 48.4 Å². The highest BCUT2D eigenvalue weighted by Crippen LogP contribution is 2.41. The van der Waals surface area contributed by atoms with Crippen LogP contribution in [0.25, 0.3) is 0 Å². The minimum atomic E-state index is -0.468. The van der Waals surface area contributed by atoms with Crippen LogP contribution < -0.4 is 25.8 Å². The van der Waals surface area contributed by atoms with Crippen molar-refractivity contribution in [1.29, 1.82) is 0 Å². The molecule has 192 valence electrons. The third-order valence-electron chi connectivity index (χ3n) is 6.34. The molecule has 1 aliphatic rings. The van der Waals surface area contributed by atoms with Crippen LogP contribution in [0.1, 0.15) is 42.3 Å². The van der Waals surface area contributed by atoms with Gasteiger partial charge in [0.15, 0.2) is 0 Å². The van der Waals surface area contributed by atoms with Gasteiger partial charge in [-0.3, -0.25) is 14.5 Å². The molecule has 11 heteroatoms. The number of fused-ring (bicyclic) bond motifs is 1. The van der Waals surface area contributed by atoms with Crippen LogP contribution in [0.5, 0.6) is 0 Å². The van der Waals surface area contributed by atoms with Gasteiger partial charge in [0.25, 0.3) is 5.91 Å². The molecule has 0 saturated carbocycles. The second-order valence-corrected chi connectivity index (χ2v) is 9.55. The zero-order valence-corrected chi connectivity index (χ0v) is 21.7. The molecule has 0 aliphatic carbocycles. The number of hydrogen-bond acceptors (Lipinski definition) is 7. The molecule has 0 saturated heterocycles. The van der Waals surface area contributed by atoms with Crippen molar-refractivity contribution < 1.29 is 14.4 Å². The number of aryl methyl sites for hydroxylation is 1. The van der Waals surface area contributed by atoms with Crippen LogP contribution in [-0.2, 0) is 10.2 Å². The molecule has 3 N–H and O–H groups in total. The lowest BCUT2D eigenvalue weighted by atomic mass is 9.87. The molecule has 3 aromatic rings. The van der Waals surface area contributed by atoms with Crippen LogP contribution in [0.4, 0.5) is 33.8 Å². The van der Waals surface area contributed by atoms with E-state index in [-0.39, 0.29) is 23.2 Å². The first-order chi connectivity index (χ1) is 17.5. The molecule has 0 atom stereocenters. The van der Waals surface area contributed by atoms with Gasteiger partial charge < -0.3 is 20.9 Å². The summed E-state index contributed by atoms with van der Waals surface area (Å²) in [5, 5.41) is 8.55. The Balaban J connectivity index is 1.51. The molecule has 0 fully saturated rings. The first-order valence-corrected chi connectivity index (χ1v) is 11.8. The van der Waals surface area contributed by atoms with Crippen molar-refractivity contribution in [2.45, 2.75) is 33.1 Å². The quantitative estimate of drug-likeness (QED) is 0.484. The number of nitrogens with one attached hydrogen (secondary N) is 3. The SMILES string of the molecule is CNc1ncnc(N(C)C(=O)Nc2cc(C(=O)Nc3ccc4c(c3)C(C)(C)CN4C(C)=O)ccc2C)n1. The molecule has 1 aromatic heterocycles. The summed E-state index contributed by atoms with van der Waals surface area (Å²) < 4.78 is 0. The number of amides is 4. The summed E-state index contributed by atoms with van der Waals surface area (Å²) in [4.78, 5) is 53.1. The van der Waals surface area contributed by atoms with E-state index in [4.69, 9.17) is 0 Å². The summed E-state index contributed by atoms with van der Waals surface area (Å²) in [6, 6.07) is 10.2. The Kier molecular flexibility index (Phi) is 6.80. The average Bonchev–Trinajstić information content (AvgIpc) is 3.15. The third-order valence-corrected chi connectivity index (χ3v) is 6.34. The Labute approximate surface area is 215 Å². The van der Waals surface area contributed by atoms with E-state index in [1.54, 1.807) is 50.2 Å². The zero-order chi connectivity index (χ0) is 26.9. The normalized spacial score (nSPS) is 13.5. The monoisotopic (exact) mass is 502 g/mol. The van der Waals surface area contributed by atoms with Gasteiger partial charge in [0, 0.05) is 55.6 Å². The fourth-order valence-electron chi connectivity index (χ4n) is 4.20. The number of anilines is 5. The molecule has 0 unspecified atom stereocenters. The summed E-state index contributed by atoms with van der Waals surface area (Å²) in [5.41, 5.74) is 3.91. The molecule has 0 spiro atoms. The van der Waals surface area contributed by atoms with Gasteiger partial charge in [-0.15, -0.1) is 0 Å². The van der Waals surface area contributed by atoms with E-state index < -0.39 is 6.03 Å². The van der Waals surface area contributed by atoms with Gasteiger partial charge in [0.1, 0.15) is 6.33 Å². The van der Waals surface area contributed by atoms with Gasteiger partial charge >= 0.3 is 6.03 Å². The summed E-state index contributed by atoms with van der Waals surface area (Å²) in [6.07, 6.45) is 1.31. The van der Waals surface area contributed by atoms with Crippen molar-refractivity contribution in [2.75, 3.05) is 46.4 Å². The summed E-state index contributed by atoms with van der Waals surface area (Å²) in [6.45, 7) is 8.12. The number of urea groups is 1. The van der Waals surface area contributed by atoms with Gasteiger partial charge in [-0.2, -0.15) is 4.98 Å². The van der Waals surface area contributed by atoms with Crippen LogP contribution in [-0.4, -0.2) is 53.4 Å². The van der Waals surface area contributed by atoms with E-state index >= 15 is 0 Å². The van der Waals surface area contributed by atoms with Crippen molar-refractivity contribution in [2.24, 2.45) is 0 Å². The second-order valence-electron chi connectivity index (χ2n) is 9.55.